The molecule has 1 aromatic heterocycles. The van der Waals surface area contributed by atoms with Crippen molar-refractivity contribution in [2.24, 2.45) is 5.92 Å². The third kappa shape index (κ3) is 4.43. The quantitative estimate of drug-likeness (QED) is 0.816. The fraction of sp³-hybridized carbons (Fsp3) is 0.526. The number of allylic oxidation sites excluding steroid dienone is 1. The zero-order valence-electron chi connectivity index (χ0n) is 14.0. The van der Waals surface area contributed by atoms with Crippen LogP contribution in [0, 0.1) is 5.92 Å². The van der Waals surface area contributed by atoms with Crippen molar-refractivity contribution >= 4 is 11.8 Å². The Morgan fingerprint density at radius 3 is 3.04 bits per heavy atom. The summed E-state index contributed by atoms with van der Waals surface area (Å²) in [7, 11) is 0. The van der Waals surface area contributed by atoms with Crippen LogP contribution in [0.1, 0.15) is 44.1 Å². The van der Waals surface area contributed by atoms with Gasteiger partial charge in [-0.3, -0.25) is 14.6 Å². The Morgan fingerprint density at radius 1 is 1.38 bits per heavy atom. The van der Waals surface area contributed by atoms with E-state index in [1.807, 2.05) is 12.1 Å². The van der Waals surface area contributed by atoms with Crippen molar-refractivity contribution in [1.29, 1.82) is 0 Å². The molecular formula is C19H25N3O2. The van der Waals surface area contributed by atoms with Gasteiger partial charge in [0.2, 0.25) is 11.8 Å². The molecule has 2 heterocycles. The number of rotatable bonds is 6. The molecule has 0 unspecified atom stereocenters. The van der Waals surface area contributed by atoms with Crippen LogP contribution in [0.15, 0.2) is 36.2 Å². The van der Waals surface area contributed by atoms with Crippen molar-refractivity contribution in [3.63, 3.8) is 0 Å². The maximum Gasteiger partial charge on any atom is 0.225 e. The fourth-order valence-electron chi connectivity index (χ4n) is 3.43. The summed E-state index contributed by atoms with van der Waals surface area (Å²) in [6.45, 7) is 1.71. The molecule has 1 fully saturated rings. The van der Waals surface area contributed by atoms with Crippen LogP contribution >= 0.6 is 0 Å². The Hall–Kier alpha value is -2.17. The van der Waals surface area contributed by atoms with Crippen molar-refractivity contribution in [3.8, 4) is 0 Å². The van der Waals surface area contributed by atoms with Gasteiger partial charge in [0.15, 0.2) is 0 Å². The Bertz CT molecular complexity index is 612. The molecule has 1 atom stereocenters. The zero-order chi connectivity index (χ0) is 16.8. The molecule has 1 saturated heterocycles. The Balaban J connectivity index is 1.44. The van der Waals surface area contributed by atoms with E-state index in [-0.39, 0.29) is 17.7 Å². The van der Waals surface area contributed by atoms with Crippen LogP contribution in [0.25, 0.3) is 0 Å². The van der Waals surface area contributed by atoms with Gasteiger partial charge in [-0.1, -0.05) is 17.7 Å². The second-order valence-electron chi connectivity index (χ2n) is 6.69. The lowest BCUT2D eigenvalue weighted by molar-refractivity contribution is -0.129. The molecule has 0 aromatic carbocycles. The molecule has 1 aliphatic heterocycles. The van der Waals surface area contributed by atoms with E-state index in [4.69, 9.17) is 0 Å². The molecule has 1 N–H and O–H groups in total. The predicted molar refractivity (Wildman–Crippen MR) is 91.9 cm³/mol. The molecule has 1 aliphatic carbocycles. The minimum atomic E-state index is -0.227. The number of amides is 2. The summed E-state index contributed by atoms with van der Waals surface area (Å²) in [6, 6.07) is 3.81. The molecule has 128 valence electrons. The number of carbonyl (C=O) groups excluding carboxylic acids is 2. The van der Waals surface area contributed by atoms with Crippen LogP contribution in [0.4, 0.5) is 0 Å². The van der Waals surface area contributed by atoms with Crippen molar-refractivity contribution in [1.82, 2.24) is 15.2 Å². The number of hydrogen-bond donors (Lipinski definition) is 1. The lowest BCUT2D eigenvalue weighted by Gasteiger charge is -2.17. The van der Waals surface area contributed by atoms with Gasteiger partial charge in [0.25, 0.3) is 0 Å². The molecular weight excluding hydrogens is 302 g/mol. The van der Waals surface area contributed by atoms with E-state index < -0.39 is 0 Å². The summed E-state index contributed by atoms with van der Waals surface area (Å²) in [5.41, 5.74) is 2.46. The monoisotopic (exact) mass is 327 g/mol. The molecule has 0 bridgehead atoms. The molecule has 0 spiro atoms. The SMILES string of the molecule is O=C(NCCC1=CCCCC1)[C@H]1CC(=O)N(Cc2cccnc2)C1. The highest BCUT2D eigenvalue weighted by Gasteiger charge is 2.34. The summed E-state index contributed by atoms with van der Waals surface area (Å²) >= 11 is 0. The Kier molecular flexibility index (Phi) is 5.62. The first-order valence-electron chi connectivity index (χ1n) is 8.84. The number of pyridine rings is 1. The second kappa shape index (κ2) is 8.08. The van der Waals surface area contributed by atoms with Gasteiger partial charge in [0.1, 0.15) is 0 Å². The van der Waals surface area contributed by atoms with Crippen LogP contribution in [-0.4, -0.2) is 34.8 Å². The third-order valence-electron chi connectivity index (χ3n) is 4.81. The minimum absolute atomic E-state index is 0.00782. The van der Waals surface area contributed by atoms with Crippen LogP contribution in [0.2, 0.25) is 0 Å². The summed E-state index contributed by atoms with van der Waals surface area (Å²) in [6.07, 6.45) is 11.9. The summed E-state index contributed by atoms with van der Waals surface area (Å²) in [5.74, 6) is -0.169. The maximum absolute atomic E-state index is 12.3. The van der Waals surface area contributed by atoms with Gasteiger partial charge in [0.05, 0.1) is 5.92 Å². The van der Waals surface area contributed by atoms with Gasteiger partial charge < -0.3 is 10.2 Å². The molecule has 3 rings (SSSR count). The largest absolute Gasteiger partial charge is 0.355 e. The van der Waals surface area contributed by atoms with E-state index in [1.54, 1.807) is 17.3 Å². The molecule has 2 amide bonds. The first-order chi connectivity index (χ1) is 11.7. The Labute approximate surface area is 143 Å². The number of nitrogens with zero attached hydrogens (tertiary/aromatic N) is 2. The molecule has 24 heavy (non-hydrogen) atoms. The average molecular weight is 327 g/mol. The molecule has 2 aliphatic rings. The van der Waals surface area contributed by atoms with E-state index in [9.17, 15) is 9.59 Å². The van der Waals surface area contributed by atoms with Crippen LogP contribution in [-0.2, 0) is 16.1 Å². The first kappa shape index (κ1) is 16.7. The van der Waals surface area contributed by atoms with Gasteiger partial charge in [-0.25, -0.2) is 0 Å². The fourth-order valence-corrected chi connectivity index (χ4v) is 3.43. The van der Waals surface area contributed by atoms with E-state index >= 15 is 0 Å². The molecule has 5 heteroatoms. The highest BCUT2D eigenvalue weighted by Crippen LogP contribution is 2.21. The first-order valence-corrected chi connectivity index (χ1v) is 8.84. The molecule has 0 saturated carbocycles. The number of hydrogen-bond acceptors (Lipinski definition) is 3. The highest BCUT2D eigenvalue weighted by molar-refractivity contribution is 5.89. The normalized spacial score (nSPS) is 20.8. The van der Waals surface area contributed by atoms with Gasteiger partial charge in [-0.2, -0.15) is 0 Å². The van der Waals surface area contributed by atoms with E-state index in [2.05, 4.69) is 16.4 Å². The third-order valence-corrected chi connectivity index (χ3v) is 4.81. The second-order valence-corrected chi connectivity index (χ2v) is 6.69. The van der Waals surface area contributed by atoms with Crippen molar-refractivity contribution in [2.75, 3.05) is 13.1 Å². The van der Waals surface area contributed by atoms with Crippen molar-refractivity contribution in [3.05, 3.63) is 41.7 Å². The zero-order valence-corrected chi connectivity index (χ0v) is 14.0. The van der Waals surface area contributed by atoms with Crippen molar-refractivity contribution < 1.29 is 9.59 Å². The lowest BCUT2D eigenvalue weighted by atomic mass is 9.97. The van der Waals surface area contributed by atoms with Gasteiger partial charge in [0, 0.05) is 38.4 Å². The topological polar surface area (TPSA) is 62.3 Å². The van der Waals surface area contributed by atoms with Crippen LogP contribution in [0.5, 0.6) is 0 Å². The smallest absolute Gasteiger partial charge is 0.225 e. The van der Waals surface area contributed by atoms with Gasteiger partial charge in [-0.15, -0.1) is 0 Å². The standard InChI is InChI=1S/C19H25N3O2/c23-18-11-17(14-22(18)13-16-7-4-9-20-12-16)19(24)21-10-8-15-5-2-1-3-6-15/h4-5,7,9,12,17H,1-3,6,8,10-11,13-14H2,(H,21,24)/t17-/m0/s1. The summed E-state index contributed by atoms with van der Waals surface area (Å²) < 4.78 is 0. The van der Waals surface area contributed by atoms with E-state index in [1.165, 1.54) is 24.8 Å². The summed E-state index contributed by atoms with van der Waals surface area (Å²) in [4.78, 5) is 30.3. The van der Waals surface area contributed by atoms with E-state index in [0.29, 0.717) is 26.1 Å². The predicted octanol–water partition coefficient (Wildman–Crippen LogP) is 2.44. The molecule has 0 radical (unpaired) electrons. The van der Waals surface area contributed by atoms with Crippen LogP contribution in [0.3, 0.4) is 0 Å². The van der Waals surface area contributed by atoms with Gasteiger partial charge >= 0.3 is 0 Å². The lowest BCUT2D eigenvalue weighted by Crippen LogP contribution is -2.33. The van der Waals surface area contributed by atoms with Crippen LogP contribution < -0.4 is 5.32 Å². The number of likely N-dealkylation sites (tertiary alicyclic amines) is 1. The van der Waals surface area contributed by atoms with E-state index in [0.717, 1.165) is 18.4 Å². The number of carbonyl (C=O) groups is 2. The minimum Gasteiger partial charge on any atom is -0.355 e. The van der Waals surface area contributed by atoms with Gasteiger partial charge in [-0.05, 0) is 43.7 Å². The Morgan fingerprint density at radius 2 is 2.29 bits per heavy atom. The number of nitrogens with one attached hydrogen (secondary N) is 1. The molecule has 5 nitrogen and oxygen atoms in total. The molecule has 1 aromatic rings. The number of aromatic nitrogens is 1. The average Bonchev–Trinajstić information content (AvgIpc) is 2.97. The highest BCUT2D eigenvalue weighted by atomic mass is 16.2. The summed E-state index contributed by atoms with van der Waals surface area (Å²) in [5, 5.41) is 3.01. The van der Waals surface area contributed by atoms with Crippen molar-refractivity contribution in [2.45, 2.75) is 45.1 Å². The maximum atomic E-state index is 12.3.